The number of rotatable bonds is 7. The highest BCUT2D eigenvalue weighted by Gasteiger charge is 2.19. The zero-order valence-corrected chi connectivity index (χ0v) is 15.3. The van der Waals surface area contributed by atoms with Crippen LogP contribution >= 0.6 is 11.6 Å². The highest BCUT2D eigenvalue weighted by atomic mass is 35.5. The van der Waals surface area contributed by atoms with E-state index in [0.29, 0.717) is 11.7 Å². The van der Waals surface area contributed by atoms with E-state index in [1.807, 2.05) is 4.90 Å². The summed E-state index contributed by atoms with van der Waals surface area (Å²) in [4.78, 5) is 33.6. The molecule has 1 aliphatic heterocycles. The van der Waals surface area contributed by atoms with Gasteiger partial charge in [-0.1, -0.05) is 23.7 Å². The molecule has 1 aromatic heterocycles. The molecule has 0 spiro atoms. The minimum Gasteiger partial charge on any atom is -0.482 e. The number of nitrogens with zero attached hydrogens (tertiary/aromatic N) is 3. The van der Waals surface area contributed by atoms with Gasteiger partial charge in [0.1, 0.15) is 5.75 Å². The number of ether oxygens (including phenoxy) is 1. The van der Waals surface area contributed by atoms with Gasteiger partial charge >= 0.3 is 5.97 Å². The monoisotopic (exact) mass is 390 g/mol. The van der Waals surface area contributed by atoms with Crippen LogP contribution in [0.5, 0.6) is 5.75 Å². The molecule has 8 nitrogen and oxygen atoms in total. The van der Waals surface area contributed by atoms with Gasteiger partial charge in [0.15, 0.2) is 12.3 Å². The lowest BCUT2D eigenvalue weighted by atomic mass is 10.2. The lowest BCUT2D eigenvalue weighted by Gasteiger charge is -2.16. The van der Waals surface area contributed by atoms with Gasteiger partial charge < -0.3 is 20.1 Å². The van der Waals surface area contributed by atoms with E-state index in [1.54, 1.807) is 24.3 Å². The zero-order valence-electron chi connectivity index (χ0n) is 14.5. The molecular weight excluding hydrogens is 372 g/mol. The van der Waals surface area contributed by atoms with Crippen LogP contribution in [-0.2, 0) is 11.3 Å². The number of aliphatic carboxylic acids is 1. The molecule has 1 aliphatic rings. The molecule has 0 radical (unpaired) electrons. The van der Waals surface area contributed by atoms with Gasteiger partial charge in [0.05, 0.1) is 11.2 Å². The number of carboxylic acids is 1. The van der Waals surface area contributed by atoms with Crippen molar-refractivity contribution in [3.05, 3.63) is 46.7 Å². The molecule has 0 saturated carbocycles. The number of amides is 1. The Morgan fingerprint density at radius 1 is 1.30 bits per heavy atom. The molecule has 1 fully saturated rings. The summed E-state index contributed by atoms with van der Waals surface area (Å²) in [5.41, 5.74) is 0.892. The average Bonchev–Trinajstić information content (AvgIpc) is 3.20. The molecule has 2 N–H and O–H groups in total. The second-order valence-corrected chi connectivity index (χ2v) is 6.48. The Bertz CT molecular complexity index is 840. The van der Waals surface area contributed by atoms with Gasteiger partial charge in [-0.3, -0.25) is 4.79 Å². The summed E-state index contributed by atoms with van der Waals surface area (Å²) in [6.45, 7) is 1.53. The molecule has 0 bridgehead atoms. The van der Waals surface area contributed by atoms with E-state index >= 15 is 0 Å². The molecule has 1 aromatic carbocycles. The zero-order chi connectivity index (χ0) is 19.2. The van der Waals surface area contributed by atoms with E-state index < -0.39 is 18.5 Å². The van der Waals surface area contributed by atoms with Crippen molar-refractivity contribution in [3.8, 4) is 5.75 Å². The summed E-state index contributed by atoms with van der Waals surface area (Å²) in [6.07, 6.45) is 3.60. The second-order valence-electron chi connectivity index (χ2n) is 6.07. The van der Waals surface area contributed by atoms with Crippen molar-refractivity contribution < 1.29 is 19.4 Å². The normalized spacial score (nSPS) is 13.4. The van der Waals surface area contributed by atoms with Crippen molar-refractivity contribution in [2.75, 3.05) is 24.6 Å². The predicted octanol–water partition coefficient (Wildman–Crippen LogP) is 2.12. The van der Waals surface area contributed by atoms with Gasteiger partial charge in [-0.05, 0) is 30.5 Å². The number of carbonyl (C=O) groups is 2. The summed E-state index contributed by atoms with van der Waals surface area (Å²) < 4.78 is 5.13. The van der Waals surface area contributed by atoms with Crippen molar-refractivity contribution in [2.24, 2.45) is 0 Å². The fraction of sp³-hybridized carbons (Fsp3) is 0.333. The molecule has 142 valence electrons. The van der Waals surface area contributed by atoms with E-state index in [1.165, 1.54) is 6.20 Å². The fourth-order valence-electron chi connectivity index (χ4n) is 2.74. The van der Waals surface area contributed by atoms with Crippen LogP contribution < -0.4 is 15.0 Å². The quantitative estimate of drug-likeness (QED) is 0.746. The molecular formula is C18H19ClN4O4. The van der Waals surface area contributed by atoms with Crippen molar-refractivity contribution in [1.82, 2.24) is 15.3 Å². The van der Waals surface area contributed by atoms with Crippen LogP contribution in [0.4, 0.5) is 5.95 Å². The van der Waals surface area contributed by atoms with Gasteiger partial charge in [-0.15, -0.1) is 0 Å². The van der Waals surface area contributed by atoms with E-state index in [2.05, 4.69) is 15.3 Å². The maximum atomic E-state index is 12.5. The average molecular weight is 391 g/mol. The lowest BCUT2D eigenvalue weighted by molar-refractivity contribution is -0.139. The first kappa shape index (κ1) is 18.9. The minimum atomic E-state index is -1.05. The molecule has 27 heavy (non-hydrogen) atoms. The Morgan fingerprint density at radius 2 is 2.07 bits per heavy atom. The standard InChI is InChI=1S/C18H19ClN4O4/c19-14-10-21-18(23-6-1-2-7-23)22-16(14)17(26)20-9-12-4-3-5-13(8-12)27-11-15(24)25/h3-5,8,10H,1-2,6-7,9,11H2,(H,20,26)(H,24,25). The Balaban J connectivity index is 1.64. The van der Waals surface area contributed by atoms with Gasteiger partial charge in [0.25, 0.3) is 5.91 Å². The highest BCUT2D eigenvalue weighted by Crippen LogP contribution is 2.20. The fourth-order valence-corrected chi connectivity index (χ4v) is 2.92. The third-order valence-electron chi connectivity index (χ3n) is 4.05. The SMILES string of the molecule is O=C(O)COc1cccc(CNC(=O)c2nc(N3CCCC3)ncc2Cl)c1. The van der Waals surface area contributed by atoms with Crippen LogP contribution in [-0.4, -0.2) is 46.6 Å². The van der Waals surface area contributed by atoms with Crippen LogP contribution in [0.3, 0.4) is 0 Å². The van der Waals surface area contributed by atoms with Crippen molar-refractivity contribution in [3.63, 3.8) is 0 Å². The van der Waals surface area contributed by atoms with Crippen LogP contribution in [0.2, 0.25) is 5.02 Å². The van der Waals surface area contributed by atoms with Gasteiger partial charge in [-0.25, -0.2) is 14.8 Å². The Labute approximate surface area is 161 Å². The number of anilines is 1. The third kappa shape index (κ3) is 5.07. The molecule has 0 aliphatic carbocycles. The molecule has 0 atom stereocenters. The lowest BCUT2D eigenvalue weighted by Crippen LogP contribution is -2.26. The molecule has 1 amide bonds. The van der Waals surface area contributed by atoms with Gasteiger partial charge in [0.2, 0.25) is 5.95 Å². The molecule has 0 unspecified atom stereocenters. The van der Waals surface area contributed by atoms with Crippen LogP contribution in [0.25, 0.3) is 0 Å². The summed E-state index contributed by atoms with van der Waals surface area (Å²) in [5, 5.41) is 11.6. The number of hydrogen-bond acceptors (Lipinski definition) is 6. The smallest absolute Gasteiger partial charge is 0.341 e. The largest absolute Gasteiger partial charge is 0.482 e. The minimum absolute atomic E-state index is 0.131. The number of aromatic nitrogens is 2. The molecule has 2 heterocycles. The first-order chi connectivity index (χ1) is 13.0. The number of benzene rings is 1. The van der Waals surface area contributed by atoms with E-state index in [4.69, 9.17) is 21.4 Å². The molecule has 9 heteroatoms. The van der Waals surface area contributed by atoms with Gasteiger partial charge in [-0.2, -0.15) is 0 Å². The van der Waals surface area contributed by atoms with Crippen LogP contribution in [0.1, 0.15) is 28.9 Å². The van der Waals surface area contributed by atoms with E-state index in [0.717, 1.165) is 31.5 Å². The Hall–Kier alpha value is -2.87. The van der Waals surface area contributed by atoms with Gasteiger partial charge in [0, 0.05) is 19.6 Å². The van der Waals surface area contributed by atoms with Crippen LogP contribution in [0, 0.1) is 0 Å². The van der Waals surface area contributed by atoms with Crippen molar-refractivity contribution in [2.45, 2.75) is 19.4 Å². The number of hydrogen-bond donors (Lipinski definition) is 2. The number of carboxylic acid groups (broad SMARTS) is 1. The first-order valence-electron chi connectivity index (χ1n) is 8.52. The molecule has 1 saturated heterocycles. The van der Waals surface area contributed by atoms with E-state index in [-0.39, 0.29) is 17.3 Å². The second kappa shape index (κ2) is 8.68. The predicted molar refractivity (Wildman–Crippen MR) is 99.2 cm³/mol. The van der Waals surface area contributed by atoms with Crippen molar-refractivity contribution >= 4 is 29.4 Å². The number of nitrogens with one attached hydrogen (secondary N) is 1. The summed E-state index contributed by atoms with van der Waals surface area (Å²) in [5.74, 6) is -0.535. The maximum Gasteiger partial charge on any atom is 0.341 e. The first-order valence-corrected chi connectivity index (χ1v) is 8.90. The number of carbonyl (C=O) groups excluding carboxylic acids is 1. The van der Waals surface area contributed by atoms with Crippen LogP contribution in [0.15, 0.2) is 30.5 Å². The van der Waals surface area contributed by atoms with E-state index in [9.17, 15) is 9.59 Å². The van der Waals surface area contributed by atoms with Crippen molar-refractivity contribution in [1.29, 1.82) is 0 Å². The molecule has 3 rings (SSSR count). The molecule has 2 aromatic rings. The third-order valence-corrected chi connectivity index (χ3v) is 4.33. The summed E-state index contributed by atoms with van der Waals surface area (Å²) in [7, 11) is 0. The Kier molecular flexibility index (Phi) is 6.08. The summed E-state index contributed by atoms with van der Waals surface area (Å²) >= 11 is 6.10. The topological polar surface area (TPSA) is 105 Å². The highest BCUT2D eigenvalue weighted by molar-refractivity contribution is 6.33. The Morgan fingerprint density at radius 3 is 2.81 bits per heavy atom. The maximum absolute atomic E-state index is 12.5. The summed E-state index contributed by atoms with van der Waals surface area (Å²) in [6, 6.07) is 6.84. The number of halogens is 1.